The Morgan fingerprint density at radius 1 is 1.60 bits per heavy atom. The highest BCUT2D eigenvalue weighted by Crippen LogP contribution is 1.94. The lowest BCUT2D eigenvalue weighted by Gasteiger charge is -1.97. The molecule has 0 saturated heterocycles. The monoisotopic (exact) mass is 142 g/mol. The van der Waals surface area contributed by atoms with E-state index in [1.165, 1.54) is 6.08 Å². The number of allylic oxidation sites excluding steroid dienone is 2. The van der Waals surface area contributed by atoms with Gasteiger partial charge in [-0.15, -0.1) is 0 Å². The van der Waals surface area contributed by atoms with Gasteiger partial charge in [-0.25, -0.2) is 0 Å². The minimum atomic E-state index is -0.389. The number of hydrogen-bond donors (Lipinski definition) is 0. The van der Waals surface area contributed by atoms with Crippen LogP contribution in [0, 0.1) is 0 Å². The van der Waals surface area contributed by atoms with E-state index in [-0.39, 0.29) is 18.1 Å². The maximum absolute atomic E-state index is 10.5. The van der Waals surface area contributed by atoms with Crippen molar-refractivity contribution >= 4 is 12.3 Å². The molecule has 0 saturated carbocycles. The smallest absolute Gasteiger partial charge is 0.310 e. The lowest BCUT2D eigenvalue weighted by Crippen LogP contribution is -2.02. The summed E-state index contributed by atoms with van der Waals surface area (Å²) in [5.74, 6) is -0.313. The summed E-state index contributed by atoms with van der Waals surface area (Å²) in [6.07, 6.45) is 2.24. The van der Waals surface area contributed by atoms with Gasteiger partial charge in [0.25, 0.3) is 0 Å². The van der Waals surface area contributed by atoms with Crippen LogP contribution in [0.15, 0.2) is 11.8 Å². The molecule has 0 aliphatic rings. The lowest BCUT2D eigenvalue weighted by atomic mass is 10.5. The van der Waals surface area contributed by atoms with E-state index in [0.29, 0.717) is 6.29 Å². The zero-order valence-electron chi connectivity index (χ0n) is 6.09. The first-order valence-electron chi connectivity index (χ1n) is 3.06. The van der Waals surface area contributed by atoms with Crippen molar-refractivity contribution in [3.63, 3.8) is 0 Å². The highest BCUT2D eigenvalue weighted by atomic mass is 16.5. The zero-order valence-corrected chi connectivity index (χ0v) is 6.09. The van der Waals surface area contributed by atoms with E-state index >= 15 is 0 Å². The molecule has 0 heterocycles. The van der Waals surface area contributed by atoms with E-state index in [0.717, 1.165) is 0 Å². The molecule has 10 heavy (non-hydrogen) atoms. The summed E-state index contributed by atoms with van der Waals surface area (Å²) in [6, 6.07) is 0. The summed E-state index contributed by atoms with van der Waals surface area (Å²) in [4.78, 5) is 20.6. The molecule has 0 N–H and O–H groups in total. The molecule has 0 aliphatic carbocycles. The molecule has 56 valence electrons. The summed E-state index contributed by atoms with van der Waals surface area (Å²) >= 11 is 0. The third kappa shape index (κ3) is 3.02. The van der Waals surface area contributed by atoms with Crippen molar-refractivity contribution in [2.45, 2.75) is 20.3 Å². The molecule has 0 spiro atoms. The van der Waals surface area contributed by atoms with Crippen LogP contribution >= 0.6 is 0 Å². The third-order valence-corrected chi connectivity index (χ3v) is 0.921. The Morgan fingerprint density at radius 3 is 2.50 bits per heavy atom. The van der Waals surface area contributed by atoms with Crippen LogP contribution in [0.5, 0.6) is 0 Å². The number of ether oxygens (including phenoxy) is 1. The van der Waals surface area contributed by atoms with Gasteiger partial charge in [0.15, 0.2) is 12.0 Å². The van der Waals surface area contributed by atoms with Crippen molar-refractivity contribution in [3.8, 4) is 0 Å². The molecule has 0 aromatic carbocycles. The number of rotatable bonds is 3. The highest BCUT2D eigenvalue weighted by Gasteiger charge is 2.00. The first-order chi connectivity index (χ1) is 4.74. The van der Waals surface area contributed by atoms with Crippen molar-refractivity contribution in [2.24, 2.45) is 0 Å². The first-order valence-corrected chi connectivity index (χ1v) is 3.06. The van der Waals surface area contributed by atoms with Gasteiger partial charge < -0.3 is 4.74 Å². The molecule has 3 heteroatoms. The summed E-state index contributed by atoms with van der Waals surface area (Å²) in [5.41, 5.74) is 0. The normalized spacial score (nSPS) is 10.8. The van der Waals surface area contributed by atoms with Crippen LogP contribution in [0.2, 0.25) is 0 Å². The van der Waals surface area contributed by atoms with Gasteiger partial charge in [-0.2, -0.15) is 0 Å². The maximum Gasteiger partial charge on any atom is 0.310 e. The van der Waals surface area contributed by atoms with Gasteiger partial charge in [0.2, 0.25) is 0 Å². The zero-order chi connectivity index (χ0) is 7.98. The number of carbonyl (C=O) groups excluding carboxylic acids is 2. The van der Waals surface area contributed by atoms with Crippen LogP contribution < -0.4 is 0 Å². The van der Waals surface area contributed by atoms with Crippen LogP contribution in [0.4, 0.5) is 0 Å². The molecular formula is C7H10O3. The van der Waals surface area contributed by atoms with Crippen LogP contribution in [0.25, 0.3) is 0 Å². The fraction of sp³-hybridized carbons (Fsp3) is 0.429. The third-order valence-electron chi connectivity index (χ3n) is 0.921. The van der Waals surface area contributed by atoms with Crippen LogP contribution in [0.1, 0.15) is 20.3 Å². The number of aldehydes is 1. The minimum Gasteiger partial charge on any atom is -0.423 e. The summed E-state index contributed by atoms with van der Waals surface area (Å²) in [5, 5.41) is 0. The van der Waals surface area contributed by atoms with Crippen LogP contribution in [-0.2, 0) is 14.3 Å². The minimum absolute atomic E-state index is 0.0758. The fourth-order valence-electron chi connectivity index (χ4n) is 0.355. The van der Waals surface area contributed by atoms with Gasteiger partial charge in [-0.1, -0.05) is 6.92 Å². The van der Waals surface area contributed by atoms with E-state index < -0.39 is 0 Å². The van der Waals surface area contributed by atoms with Gasteiger partial charge >= 0.3 is 5.97 Å². The van der Waals surface area contributed by atoms with E-state index in [1.807, 2.05) is 0 Å². The highest BCUT2D eigenvalue weighted by molar-refractivity contribution is 5.78. The molecular weight excluding hydrogens is 132 g/mol. The Bertz CT molecular complexity index is 158. The van der Waals surface area contributed by atoms with Crippen molar-refractivity contribution in [3.05, 3.63) is 11.8 Å². The standard InChI is InChI=1S/C7H10O3/c1-3-6(5-8)10-7(9)4-2/h3,5H,4H2,1-2H3/b6-3-. The SMILES string of the molecule is C/C=C(/C=O)OC(=O)CC. The Balaban J connectivity index is 3.87. The molecule has 0 atom stereocenters. The molecule has 0 rings (SSSR count). The van der Waals surface area contributed by atoms with Crippen LogP contribution in [-0.4, -0.2) is 12.3 Å². The number of carbonyl (C=O) groups is 2. The van der Waals surface area contributed by atoms with Gasteiger partial charge in [0.1, 0.15) is 0 Å². The molecule has 3 nitrogen and oxygen atoms in total. The van der Waals surface area contributed by atoms with E-state index in [9.17, 15) is 9.59 Å². The second-order valence-electron chi connectivity index (χ2n) is 1.64. The van der Waals surface area contributed by atoms with Crippen molar-refractivity contribution in [1.29, 1.82) is 0 Å². The summed E-state index contributed by atoms with van der Waals surface area (Å²) in [7, 11) is 0. The first kappa shape index (κ1) is 8.88. The topological polar surface area (TPSA) is 43.4 Å². The van der Waals surface area contributed by atoms with Gasteiger partial charge in [-0.05, 0) is 13.0 Å². The summed E-state index contributed by atoms with van der Waals surface area (Å²) in [6.45, 7) is 3.30. The lowest BCUT2D eigenvalue weighted by molar-refractivity contribution is -0.140. The molecule has 0 amide bonds. The van der Waals surface area contributed by atoms with Crippen LogP contribution in [0.3, 0.4) is 0 Å². The fourth-order valence-corrected chi connectivity index (χ4v) is 0.355. The summed E-state index contributed by atoms with van der Waals surface area (Å²) < 4.78 is 4.55. The van der Waals surface area contributed by atoms with E-state index in [2.05, 4.69) is 4.74 Å². The van der Waals surface area contributed by atoms with Gasteiger partial charge in [-0.3, -0.25) is 9.59 Å². The second-order valence-corrected chi connectivity index (χ2v) is 1.64. The Morgan fingerprint density at radius 2 is 2.20 bits per heavy atom. The number of hydrogen-bond acceptors (Lipinski definition) is 3. The average Bonchev–Trinajstić information content (AvgIpc) is 1.99. The molecule has 0 aromatic rings. The van der Waals surface area contributed by atoms with Gasteiger partial charge in [0.05, 0.1) is 0 Å². The Hall–Kier alpha value is -1.12. The van der Waals surface area contributed by atoms with Crippen molar-refractivity contribution < 1.29 is 14.3 Å². The molecule has 0 unspecified atom stereocenters. The second kappa shape index (κ2) is 4.73. The molecule has 0 bridgehead atoms. The molecule has 0 fully saturated rings. The molecule has 0 aliphatic heterocycles. The predicted octanol–water partition coefficient (Wildman–Crippen LogP) is 1.04. The largest absolute Gasteiger partial charge is 0.423 e. The maximum atomic E-state index is 10.5. The van der Waals surface area contributed by atoms with Crippen molar-refractivity contribution in [2.75, 3.05) is 0 Å². The predicted molar refractivity (Wildman–Crippen MR) is 36.2 cm³/mol. The Kier molecular flexibility index (Phi) is 4.20. The van der Waals surface area contributed by atoms with E-state index in [4.69, 9.17) is 0 Å². The van der Waals surface area contributed by atoms with Crippen molar-refractivity contribution in [1.82, 2.24) is 0 Å². The average molecular weight is 142 g/mol. The van der Waals surface area contributed by atoms with E-state index in [1.54, 1.807) is 13.8 Å². The molecule has 0 aromatic heterocycles. The quantitative estimate of drug-likeness (QED) is 0.256. The van der Waals surface area contributed by atoms with Gasteiger partial charge in [0, 0.05) is 6.42 Å². The Labute approximate surface area is 59.7 Å². The number of esters is 1. The molecule has 0 radical (unpaired) electrons.